The van der Waals surface area contributed by atoms with E-state index < -0.39 is 5.91 Å². The third kappa shape index (κ3) is 2.41. The van der Waals surface area contributed by atoms with E-state index in [0.717, 1.165) is 0 Å². The van der Waals surface area contributed by atoms with Crippen molar-refractivity contribution in [2.24, 2.45) is 0 Å². The number of benzene rings is 1. The van der Waals surface area contributed by atoms with E-state index in [1.807, 2.05) is 6.07 Å². The number of hydrogen-bond acceptors (Lipinski definition) is 4. The van der Waals surface area contributed by atoms with E-state index in [0.29, 0.717) is 16.3 Å². The van der Waals surface area contributed by atoms with E-state index in [-0.39, 0.29) is 5.69 Å². The third-order valence-corrected chi connectivity index (χ3v) is 2.23. The molecular formula is C10H6ClN5O. The number of rotatable bonds is 2. The lowest BCUT2D eigenvalue weighted by molar-refractivity contribution is 0.102. The molecule has 0 aliphatic rings. The average molecular weight is 248 g/mol. The molecule has 0 fully saturated rings. The van der Waals surface area contributed by atoms with Crippen LogP contribution < -0.4 is 5.32 Å². The molecule has 2 aromatic rings. The minimum Gasteiger partial charge on any atom is -0.319 e. The Morgan fingerprint density at radius 3 is 3.00 bits per heavy atom. The van der Waals surface area contributed by atoms with Gasteiger partial charge in [-0.1, -0.05) is 11.6 Å². The predicted molar refractivity (Wildman–Crippen MR) is 60.5 cm³/mol. The molecule has 1 aromatic carbocycles. The first-order valence-electron chi connectivity index (χ1n) is 4.57. The first kappa shape index (κ1) is 11.1. The number of nitrogens with one attached hydrogen (secondary N) is 2. The Kier molecular flexibility index (Phi) is 3.03. The first-order chi connectivity index (χ1) is 8.20. The quantitative estimate of drug-likeness (QED) is 0.842. The van der Waals surface area contributed by atoms with Gasteiger partial charge in [-0.25, -0.2) is 0 Å². The number of carbonyl (C=O) groups excluding carboxylic acids is 1. The highest BCUT2D eigenvalue weighted by Gasteiger charge is 2.11. The van der Waals surface area contributed by atoms with Crippen molar-refractivity contribution < 1.29 is 4.79 Å². The molecule has 1 amide bonds. The molecule has 0 atom stereocenters. The van der Waals surface area contributed by atoms with Gasteiger partial charge >= 0.3 is 0 Å². The Morgan fingerprint density at radius 1 is 1.53 bits per heavy atom. The van der Waals surface area contributed by atoms with E-state index in [1.54, 1.807) is 6.07 Å². The highest BCUT2D eigenvalue weighted by atomic mass is 35.5. The van der Waals surface area contributed by atoms with Gasteiger partial charge in [0.2, 0.25) is 0 Å². The topological polar surface area (TPSA) is 94.5 Å². The molecule has 1 heterocycles. The van der Waals surface area contributed by atoms with Crippen LogP contribution in [0.25, 0.3) is 0 Å². The second kappa shape index (κ2) is 4.63. The van der Waals surface area contributed by atoms with Crippen molar-refractivity contribution in [1.29, 1.82) is 5.26 Å². The molecule has 1 aromatic heterocycles. The maximum absolute atomic E-state index is 11.7. The number of nitrogens with zero attached hydrogens (tertiary/aromatic N) is 3. The summed E-state index contributed by atoms with van der Waals surface area (Å²) >= 11 is 5.79. The van der Waals surface area contributed by atoms with Gasteiger partial charge in [0.05, 0.1) is 17.4 Å². The lowest BCUT2D eigenvalue weighted by atomic mass is 10.2. The summed E-state index contributed by atoms with van der Waals surface area (Å²) < 4.78 is 0. The molecule has 7 heteroatoms. The van der Waals surface area contributed by atoms with Crippen molar-refractivity contribution in [2.75, 3.05) is 5.32 Å². The zero-order valence-electron chi connectivity index (χ0n) is 8.44. The molecule has 0 unspecified atom stereocenters. The van der Waals surface area contributed by atoms with Crippen LogP contribution in [0.2, 0.25) is 5.02 Å². The summed E-state index contributed by atoms with van der Waals surface area (Å²) in [7, 11) is 0. The first-order valence-corrected chi connectivity index (χ1v) is 4.95. The lowest BCUT2D eigenvalue weighted by Gasteiger charge is -2.05. The number of amides is 1. The summed E-state index contributed by atoms with van der Waals surface area (Å²) in [5, 5.41) is 21.3. The van der Waals surface area contributed by atoms with Crippen LogP contribution in [0.15, 0.2) is 24.4 Å². The predicted octanol–water partition coefficient (Wildman–Crippen LogP) is 1.58. The maximum Gasteiger partial charge on any atom is 0.277 e. The van der Waals surface area contributed by atoms with Gasteiger partial charge in [-0.05, 0) is 18.2 Å². The molecule has 0 saturated heterocycles. The van der Waals surface area contributed by atoms with Gasteiger partial charge in [-0.15, -0.1) is 0 Å². The molecule has 0 bridgehead atoms. The van der Waals surface area contributed by atoms with Gasteiger partial charge < -0.3 is 5.32 Å². The van der Waals surface area contributed by atoms with Crippen LogP contribution >= 0.6 is 11.6 Å². The summed E-state index contributed by atoms with van der Waals surface area (Å²) in [6.07, 6.45) is 1.28. The van der Waals surface area contributed by atoms with Gasteiger partial charge in [-0.2, -0.15) is 20.7 Å². The van der Waals surface area contributed by atoms with Crippen LogP contribution in [0.1, 0.15) is 16.1 Å². The fraction of sp³-hybridized carbons (Fsp3) is 0. The number of hydrogen-bond donors (Lipinski definition) is 2. The minimum atomic E-state index is -0.461. The van der Waals surface area contributed by atoms with E-state index in [9.17, 15) is 4.79 Å². The number of nitriles is 1. The smallest absolute Gasteiger partial charge is 0.277 e. The van der Waals surface area contributed by atoms with Crippen molar-refractivity contribution in [1.82, 2.24) is 15.4 Å². The van der Waals surface area contributed by atoms with E-state index in [1.165, 1.54) is 18.3 Å². The van der Waals surface area contributed by atoms with Gasteiger partial charge in [0, 0.05) is 5.02 Å². The fourth-order valence-electron chi connectivity index (χ4n) is 1.21. The highest BCUT2D eigenvalue weighted by molar-refractivity contribution is 6.31. The van der Waals surface area contributed by atoms with Crippen molar-refractivity contribution in [3.05, 3.63) is 40.7 Å². The number of aromatic nitrogens is 3. The second-order valence-corrected chi connectivity index (χ2v) is 3.55. The SMILES string of the molecule is N#Cc1ccc(Cl)cc1NC(=O)c1cn[nH]n1. The summed E-state index contributed by atoms with van der Waals surface area (Å²) in [6.45, 7) is 0. The molecule has 0 aliphatic carbocycles. The van der Waals surface area contributed by atoms with Gasteiger partial charge in [0.1, 0.15) is 6.07 Å². The third-order valence-electron chi connectivity index (χ3n) is 2.00. The Morgan fingerprint density at radius 2 is 2.35 bits per heavy atom. The molecule has 0 radical (unpaired) electrons. The van der Waals surface area contributed by atoms with Crippen LogP contribution in [-0.2, 0) is 0 Å². The summed E-state index contributed by atoms with van der Waals surface area (Å²) in [6, 6.07) is 6.56. The van der Waals surface area contributed by atoms with Crippen molar-refractivity contribution in [2.45, 2.75) is 0 Å². The van der Waals surface area contributed by atoms with Crippen LogP contribution in [-0.4, -0.2) is 21.3 Å². The standard InChI is InChI=1S/C10H6ClN5O/c11-7-2-1-6(4-12)8(3-7)14-10(17)9-5-13-16-15-9/h1-3,5H,(H,14,17)(H,13,15,16). The number of halogens is 1. The van der Waals surface area contributed by atoms with E-state index in [4.69, 9.17) is 16.9 Å². The number of anilines is 1. The monoisotopic (exact) mass is 247 g/mol. The zero-order chi connectivity index (χ0) is 12.3. The summed E-state index contributed by atoms with van der Waals surface area (Å²) in [5.41, 5.74) is 0.799. The van der Waals surface area contributed by atoms with Gasteiger partial charge in [-0.3, -0.25) is 4.79 Å². The average Bonchev–Trinajstić information content (AvgIpc) is 2.83. The molecule has 6 nitrogen and oxygen atoms in total. The minimum absolute atomic E-state index is 0.133. The van der Waals surface area contributed by atoms with E-state index in [2.05, 4.69) is 20.7 Å². The number of H-pyrrole nitrogens is 1. The molecule has 2 N–H and O–H groups in total. The molecule has 0 spiro atoms. The van der Waals surface area contributed by atoms with E-state index >= 15 is 0 Å². The molecular weight excluding hydrogens is 242 g/mol. The Hall–Kier alpha value is -2.39. The number of carbonyl (C=O) groups is 1. The van der Waals surface area contributed by atoms with Gasteiger partial charge in [0.25, 0.3) is 5.91 Å². The largest absolute Gasteiger partial charge is 0.319 e. The van der Waals surface area contributed by atoms with Crippen LogP contribution in [0.5, 0.6) is 0 Å². The molecule has 0 aliphatic heterocycles. The van der Waals surface area contributed by atoms with Crippen molar-refractivity contribution in [3.63, 3.8) is 0 Å². The van der Waals surface area contributed by atoms with Crippen LogP contribution in [0.4, 0.5) is 5.69 Å². The fourth-order valence-corrected chi connectivity index (χ4v) is 1.39. The Balaban J connectivity index is 2.27. The van der Waals surface area contributed by atoms with Crippen molar-refractivity contribution in [3.8, 4) is 6.07 Å². The van der Waals surface area contributed by atoms with Crippen LogP contribution in [0, 0.1) is 11.3 Å². The Bertz CT molecular complexity index is 587. The molecule has 2 rings (SSSR count). The van der Waals surface area contributed by atoms with Crippen molar-refractivity contribution >= 4 is 23.2 Å². The molecule has 84 valence electrons. The highest BCUT2D eigenvalue weighted by Crippen LogP contribution is 2.20. The summed E-state index contributed by atoms with van der Waals surface area (Å²) in [4.78, 5) is 11.7. The molecule has 0 saturated carbocycles. The normalized spacial score (nSPS) is 9.65. The lowest BCUT2D eigenvalue weighted by Crippen LogP contribution is -2.13. The molecule has 17 heavy (non-hydrogen) atoms. The van der Waals surface area contributed by atoms with Gasteiger partial charge in [0.15, 0.2) is 5.69 Å². The summed E-state index contributed by atoms with van der Waals surface area (Å²) in [5.74, 6) is -0.461. The maximum atomic E-state index is 11.7. The zero-order valence-corrected chi connectivity index (χ0v) is 9.19. The second-order valence-electron chi connectivity index (χ2n) is 3.11. The van der Waals surface area contributed by atoms with Crippen LogP contribution in [0.3, 0.4) is 0 Å². The number of aromatic amines is 1. The Labute approximate surface area is 101 Å².